The number of hydrogen-bond acceptors (Lipinski definition) is 5. The van der Waals surface area contributed by atoms with Crippen LogP contribution < -0.4 is 10.1 Å². The number of amides is 1. The number of nitrogens with zero attached hydrogens (tertiary/aromatic N) is 2. The molecule has 0 atom stereocenters. The van der Waals surface area contributed by atoms with Crippen LogP contribution in [0.25, 0.3) is 22.2 Å². The van der Waals surface area contributed by atoms with Gasteiger partial charge in [0.15, 0.2) is 6.61 Å². The fourth-order valence-electron chi connectivity index (χ4n) is 2.61. The molecule has 1 amide bonds. The van der Waals surface area contributed by atoms with E-state index in [1.165, 1.54) is 6.39 Å². The van der Waals surface area contributed by atoms with Gasteiger partial charge in [0, 0.05) is 11.3 Å². The third-order valence-electron chi connectivity index (χ3n) is 3.86. The summed E-state index contributed by atoms with van der Waals surface area (Å²) in [4.78, 5) is 12.1. The standard InChI is InChI=1S/C20H15N3O3/c24-19(22-17-8-5-14-3-1-2-4-16(14)11-17)12-25-18-9-6-15(7-10-18)20-23-21-13-26-20/h1-11,13H,12H2,(H,22,24). The first-order valence-electron chi connectivity index (χ1n) is 8.06. The second-order valence-electron chi connectivity index (χ2n) is 5.67. The van der Waals surface area contributed by atoms with Gasteiger partial charge >= 0.3 is 0 Å². The molecule has 128 valence electrons. The largest absolute Gasteiger partial charge is 0.484 e. The molecule has 1 aromatic heterocycles. The van der Waals surface area contributed by atoms with Crippen LogP contribution in [-0.2, 0) is 4.79 Å². The number of anilines is 1. The summed E-state index contributed by atoms with van der Waals surface area (Å²) in [6, 6.07) is 20.9. The molecule has 0 saturated carbocycles. The number of carbonyl (C=O) groups excluding carboxylic acids is 1. The lowest BCUT2D eigenvalue weighted by molar-refractivity contribution is -0.118. The first-order valence-corrected chi connectivity index (χ1v) is 8.06. The Bertz CT molecular complexity index is 1030. The fourth-order valence-corrected chi connectivity index (χ4v) is 2.61. The molecule has 3 aromatic carbocycles. The zero-order chi connectivity index (χ0) is 17.8. The molecule has 0 spiro atoms. The SMILES string of the molecule is O=C(COc1ccc(-c2nnco2)cc1)Nc1ccc2ccccc2c1. The Morgan fingerprint density at radius 1 is 1.00 bits per heavy atom. The van der Waals surface area contributed by atoms with Crippen molar-refractivity contribution in [2.75, 3.05) is 11.9 Å². The van der Waals surface area contributed by atoms with Crippen molar-refractivity contribution in [3.63, 3.8) is 0 Å². The summed E-state index contributed by atoms with van der Waals surface area (Å²) >= 11 is 0. The highest BCUT2D eigenvalue weighted by Gasteiger charge is 2.06. The third-order valence-corrected chi connectivity index (χ3v) is 3.86. The Morgan fingerprint density at radius 3 is 2.58 bits per heavy atom. The fraction of sp³-hybridized carbons (Fsp3) is 0.0500. The Kier molecular flexibility index (Phi) is 4.30. The maximum absolute atomic E-state index is 12.1. The van der Waals surface area contributed by atoms with Crippen LogP contribution in [0.5, 0.6) is 5.75 Å². The highest BCUT2D eigenvalue weighted by Crippen LogP contribution is 2.21. The van der Waals surface area contributed by atoms with E-state index in [2.05, 4.69) is 15.5 Å². The molecular formula is C20H15N3O3. The lowest BCUT2D eigenvalue weighted by Gasteiger charge is -2.08. The summed E-state index contributed by atoms with van der Waals surface area (Å²) in [6.07, 6.45) is 1.27. The minimum Gasteiger partial charge on any atom is -0.484 e. The minimum absolute atomic E-state index is 0.0767. The summed E-state index contributed by atoms with van der Waals surface area (Å²) in [6.45, 7) is -0.0767. The van der Waals surface area contributed by atoms with Crippen molar-refractivity contribution in [1.29, 1.82) is 0 Å². The quantitative estimate of drug-likeness (QED) is 0.593. The van der Waals surface area contributed by atoms with Crippen LogP contribution in [-0.4, -0.2) is 22.7 Å². The topological polar surface area (TPSA) is 77.2 Å². The lowest BCUT2D eigenvalue weighted by Crippen LogP contribution is -2.20. The second kappa shape index (κ2) is 7.06. The van der Waals surface area contributed by atoms with E-state index in [9.17, 15) is 4.79 Å². The summed E-state index contributed by atoms with van der Waals surface area (Å²) in [5.41, 5.74) is 1.53. The van der Waals surface area contributed by atoms with Gasteiger partial charge in [0.25, 0.3) is 5.91 Å². The number of aromatic nitrogens is 2. The van der Waals surface area contributed by atoms with Gasteiger partial charge in [-0.15, -0.1) is 10.2 Å². The molecule has 0 saturated heterocycles. The number of benzene rings is 3. The number of ether oxygens (including phenoxy) is 1. The highest BCUT2D eigenvalue weighted by atomic mass is 16.5. The Labute approximate surface area is 149 Å². The predicted molar refractivity (Wildman–Crippen MR) is 97.8 cm³/mol. The van der Waals surface area contributed by atoms with Crippen LogP contribution in [0.2, 0.25) is 0 Å². The van der Waals surface area contributed by atoms with E-state index >= 15 is 0 Å². The maximum Gasteiger partial charge on any atom is 0.262 e. The number of hydrogen-bond donors (Lipinski definition) is 1. The smallest absolute Gasteiger partial charge is 0.262 e. The molecule has 0 bridgehead atoms. The third kappa shape index (κ3) is 3.54. The average Bonchev–Trinajstić information content (AvgIpc) is 3.21. The molecule has 1 N–H and O–H groups in total. The summed E-state index contributed by atoms with van der Waals surface area (Å²) in [5.74, 6) is 0.800. The van der Waals surface area contributed by atoms with Crippen molar-refractivity contribution in [1.82, 2.24) is 10.2 Å². The van der Waals surface area contributed by atoms with Crippen molar-refractivity contribution in [2.24, 2.45) is 0 Å². The van der Waals surface area contributed by atoms with Gasteiger partial charge in [0.2, 0.25) is 12.3 Å². The van der Waals surface area contributed by atoms with Gasteiger partial charge in [-0.3, -0.25) is 4.79 Å². The summed E-state index contributed by atoms with van der Waals surface area (Å²) in [7, 11) is 0. The van der Waals surface area contributed by atoms with E-state index in [1.54, 1.807) is 24.3 Å². The van der Waals surface area contributed by atoms with Gasteiger partial charge in [-0.1, -0.05) is 30.3 Å². The van der Waals surface area contributed by atoms with Crippen LogP contribution >= 0.6 is 0 Å². The van der Waals surface area contributed by atoms with Gasteiger partial charge < -0.3 is 14.5 Å². The molecule has 6 nitrogen and oxygen atoms in total. The molecule has 0 fully saturated rings. The summed E-state index contributed by atoms with van der Waals surface area (Å²) in [5, 5.41) is 12.5. The van der Waals surface area contributed by atoms with E-state index in [-0.39, 0.29) is 12.5 Å². The Morgan fingerprint density at radius 2 is 1.81 bits per heavy atom. The summed E-state index contributed by atoms with van der Waals surface area (Å²) < 4.78 is 10.6. The van der Waals surface area contributed by atoms with Gasteiger partial charge in [-0.05, 0) is 47.2 Å². The van der Waals surface area contributed by atoms with Crippen molar-refractivity contribution in [2.45, 2.75) is 0 Å². The van der Waals surface area contributed by atoms with Crippen LogP contribution in [0.3, 0.4) is 0 Å². The van der Waals surface area contributed by atoms with Gasteiger partial charge in [0.05, 0.1) is 0 Å². The maximum atomic E-state index is 12.1. The predicted octanol–water partition coefficient (Wildman–Crippen LogP) is 3.91. The molecule has 6 heteroatoms. The molecule has 26 heavy (non-hydrogen) atoms. The van der Waals surface area contributed by atoms with Crippen LogP contribution in [0, 0.1) is 0 Å². The normalized spacial score (nSPS) is 10.6. The van der Waals surface area contributed by atoms with Crippen LogP contribution in [0.4, 0.5) is 5.69 Å². The average molecular weight is 345 g/mol. The molecule has 0 aliphatic rings. The minimum atomic E-state index is -0.221. The molecular weight excluding hydrogens is 330 g/mol. The van der Waals surface area contributed by atoms with Gasteiger partial charge in [0.1, 0.15) is 5.75 Å². The highest BCUT2D eigenvalue weighted by molar-refractivity contribution is 5.95. The molecule has 0 aliphatic carbocycles. The van der Waals surface area contributed by atoms with E-state index in [1.807, 2.05) is 42.5 Å². The van der Waals surface area contributed by atoms with Crippen LogP contribution in [0.15, 0.2) is 77.5 Å². The van der Waals surface area contributed by atoms with Crippen molar-refractivity contribution in [3.8, 4) is 17.2 Å². The van der Waals surface area contributed by atoms with Crippen molar-refractivity contribution in [3.05, 3.63) is 73.1 Å². The van der Waals surface area contributed by atoms with Gasteiger partial charge in [-0.25, -0.2) is 0 Å². The Hall–Kier alpha value is -3.67. The van der Waals surface area contributed by atoms with E-state index in [0.29, 0.717) is 11.6 Å². The zero-order valence-corrected chi connectivity index (χ0v) is 13.8. The van der Waals surface area contributed by atoms with Crippen molar-refractivity contribution >= 4 is 22.4 Å². The zero-order valence-electron chi connectivity index (χ0n) is 13.8. The molecule has 0 aliphatic heterocycles. The number of nitrogens with one attached hydrogen (secondary N) is 1. The van der Waals surface area contributed by atoms with E-state index in [4.69, 9.17) is 9.15 Å². The molecule has 4 aromatic rings. The number of carbonyl (C=O) groups is 1. The molecule has 0 radical (unpaired) electrons. The van der Waals surface area contributed by atoms with E-state index < -0.39 is 0 Å². The first-order chi connectivity index (χ1) is 12.8. The number of rotatable bonds is 5. The second-order valence-corrected chi connectivity index (χ2v) is 5.67. The monoisotopic (exact) mass is 345 g/mol. The molecule has 4 rings (SSSR count). The molecule has 1 heterocycles. The van der Waals surface area contributed by atoms with Gasteiger partial charge in [-0.2, -0.15) is 0 Å². The Balaban J connectivity index is 1.35. The van der Waals surface area contributed by atoms with Crippen molar-refractivity contribution < 1.29 is 13.9 Å². The first kappa shape index (κ1) is 15.8. The van der Waals surface area contributed by atoms with Crippen LogP contribution in [0.1, 0.15) is 0 Å². The molecule has 0 unspecified atom stereocenters. The van der Waals surface area contributed by atoms with E-state index in [0.717, 1.165) is 22.0 Å². The number of fused-ring (bicyclic) bond motifs is 1. The lowest BCUT2D eigenvalue weighted by atomic mass is 10.1.